The minimum absolute atomic E-state index is 0.00337. The fourth-order valence-corrected chi connectivity index (χ4v) is 10.9. The highest BCUT2D eigenvalue weighted by molar-refractivity contribution is 8.00. The van der Waals surface area contributed by atoms with Gasteiger partial charge < -0.3 is 15.0 Å². The maximum Gasteiger partial charge on any atom is 0.305 e. The summed E-state index contributed by atoms with van der Waals surface area (Å²) >= 11 is 2.75. The molecule has 2 aliphatic heterocycles. The van der Waals surface area contributed by atoms with Crippen LogP contribution in [0.5, 0.6) is 5.75 Å². The largest absolute Gasteiger partial charge is 0.484 e. The third kappa shape index (κ3) is 4.85. The van der Waals surface area contributed by atoms with Crippen molar-refractivity contribution >= 4 is 57.9 Å². The summed E-state index contributed by atoms with van der Waals surface area (Å²) in [5.74, 6) is -2.24. The number of aromatic amines is 1. The third-order valence-corrected chi connectivity index (χ3v) is 12.4. The van der Waals surface area contributed by atoms with E-state index in [2.05, 4.69) is 10.3 Å². The van der Waals surface area contributed by atoms with E-state index in [1.165, 1.54) is 53.4 Å². The number of nitro groups is 1. The topological polar surface area (TPSA) is 152 Å². The Morgan fingerprint density at radius 1 is 0.979 bits per heavy atom. The first-order valence-corrected chi connectivity index (χ1v) is 16.7. The lowest BCUT2D eigenvalue weighted by Crippen LogP contribution is -2.42. The minimum atomic E-state index is -0.525. The molecule has 3 heterocycles. The Hall–Kier alpha value is -4.82. The molecule has 4 aliphatic rings. The smallest absolute Gasteiger partial charge is 0.305 e. The van der Waals surface area contributed by atoms with E-state index in [1.807, 2.05) is 12.1 Å². The molecule has 2 bridgehead atoms. The molecule has 47 heavy (non-hydrogen) atoms. The van der Waals surface area contributed by atoms with Gasteiger partial charge in [-0.1, -0.05) is 23.5 Å². The van der Waals surface area contributed by atoms with Crippen molar-refractivity contribution in [3.8, 4) is 5.75 Å². The Bertz CT molecular complexity index is 2000. The molecule has 6 unspecified atom stereocenters. The van der Waals surface area contributed by atoms with Crippen molar-refractivity contribution in [3.05, 3.63) is 109 Å². The Balaban J connectivity index is 1.05. The number of halogens is 1. The van der Waals surface area contributed by atoms with Crippen molar-refractivity contribution in [2.45, 2.75) is 22.6 Å². The highest BCUT2D eigenvalue weighted by atomic mass is 32.2. The fourth-order valence-electron chi connectivity index (χ4n) is 8.02. The molecule has 3 aromatic carbocycles. The second kappa shape index (κ2) is 11.2. The predicted molar refractivity (Wildman–Crippen MR) is 171 cm³/mol. The molecule has 3 amide bonds. The number of benzene rings is 3. The summed E-state index contributed by atoms with van der Waals surface area (Å²) < 4.78 is 18.9. The van der Waals surface area contributed by atoms with E-state index in [1.54, 1.807) is 23.9 Å². The summed E-state index contributed by atoms with van der Waals surface area (Å²) in [6.45, 7) is -0.251. The first-order chi connectivity index (χ1) is 22.7. The molecule has 0 spiro atoms. The fraction of sp³-hybridized carbons (Fsp3) is 0.273. The number of nitro benzene ring substituents is 1. The lowest BCUT2D eigenvalue weighted by atomic mass is 9.68. The van der Waals surface area contributed by atoms with E-state index in [4.69, 9.17) is 4.74 Å². The van der Waals surface area contributed by atoms with E-state index < -0.39 is 28.5 Å². The number of thiazole rings is 1. The van der Waals surface area contributed by atoms with E-state index in [0.29, 0.717) is 17.1 Å². The first kappa shape index (κ1) is 29.6. The second-order valence-corrected chi connectivity index (χ2v) is 14.4. The van der Waals surface area contributed by atoms with Crippen molar-refractivity contribution in [1.82, 2.24) is 4.98 Å². The zero-order valence-corrected chi connectivity index (χ0v) is 26.0. The van der Waals surface area contributed by atoms with Gasteiger partial charge in [-0.3, -0.25) is 34.2 Å². The molecule has 11 nitrogen and oxygen atoms in total. The van der Waals surface area contributed by atoms with E-state index in [9.17, 15) is 33.7 Å². The average Bonchev–Trinajstić information content (AvgIpc) is 3.80. The van der Waals surface area contributed by atoms with Gasteiger partial charge in [0.2, 0.25) is 11.8 Å². The molecular formula is C33H25FN4O7S2. The number of carbonyl (C=O) groups excluding carboxylic acids is 3. The van der Waals surface area contributed by atoms with Crippen LogP contribution in [0, 0.1) is 45.5 Å². The van der Waals surface area contributed by atoms with Crippen molar-refractivity contribution in [1.29, 1.82) is 0 Å². The molecule has 238 valence electrons. The molecule has 0 radical (unpaired) electrons. The van der Waals surface area contributed by atoms with Gasteiger partial charge in [-0.2, -0.15) is 0 Å². The Labute approximate surface area is 274 Å². The number of anilines is 2. The van der Waals surface area contributed by atoms with E-state index in [0.717, 1.165) is 33.2 Å². The highest BCUT2D eigenvalue weighted by Gasteiger charge is 2.69. The number of amides is 3. The average molecular weight is 673 g/mol. The standard InChI is InChI=1S/C33H25FN4O7S2/c34-16-3-5-17(6-4-16)35-23(39)14-45-20-11-1-15(2-12-20)24-25-21-13-22(28(25)46-30-29(24)47-33(42)36-30)27-26(21)31(40)37(32(27)41)18-7-9-19(10-8-18)38(43)44/h1-12,21-22,24-28H,13-14H2,(H,35,39)(H,36,42)/t21?,22?,24-,25?,26?,27?,28?/m1/s1. The number of fused-ring (bicyclic) bond motifs is 9. The molecule has 2 N–H and O–H groups in total. The molecule has 1 aromatic heterocycles. The molecule has 1 saturated heterocycles. The number of nitrogens with zero attached hydrogens (tertiary/aromatic N) is 2. The number of non-ortho nitro benzene ring substituents is 1. The number of rotatable bonds is 7. The number of H-pyrrole nitrogens is 1. The molecule has 14 heteroatoms. The van der Waals surface area contributed by atoms with E-state index in [-0.39, 0.29) is 57.9 Å². The Morgan fingerprint density at radius 3 is 2.34 bits per heavy atom. The van der Waals surface area contributed by atoms with Gasteiger partial charge in [-0.15, -0.1) is 11.8 Å². The maximum absolute atomic E-state index is 13.9. The number of ether oxygens (including phenoxy) is 1. The van der Waals surface area contributed by atoms with Gasteiger partial charge >= 0.3 is 4.87 Å². The Morgan fingerprint density at radius 2 is 1.66 bits per heavy atom. The normalized spacial score (nSPS) is 26.9. The molecule has 8 rings (SSSR count). The van der Waals surface area contributed by atoms with Crippen molar-refractivity contribution in [3.63, 3.8) is 0 Å². The molecule has 3 fully saturated rings. The van der Waals surface area contributed by atoms with Crippen LogP contribution in [-0.2, 0) is 14.4 Å². The van der Waals surface area contributed by atoms with Crippen molar-refractivity contribution in [2.24, 2.45) is 29.6 Å². The molecular weight excluding hydrogens is 648 g/mol. The molecule has 7 atom stereocenters. The van der Waals surface area contributed by atoms with Gasteiger partial charge in [0.1, 0.15) is 11.6 Å². The van der Waals surface area contributed by atoms with Crippen molar-refractivity contribution < 1.29 is 28.4 Å². The van der Waals surface area contributed by atoms with Crippen LogP contribution in [0.15, 0.2) is 82.6 Å². The first-order valence-electron chi connectivity index (χ1n) is 15.0. The lowest BCUT2D eigenvalue weighted by Gasteiger charge is -2.43. The summed E-state index contributed by atoms with van der Waals surface area (Å²) in [6.07, 6.45) is 0.725. The number of thioether (sulfide) groups is 1. The van der Waals surface area contributed by atoms with Gasteiger partial charge in [0.15, 0.2) is 6.61 Å². The van der Waals surface area contributed by atoms with Crippen LogP contribution in [0.1, 0.15) is 22.8 Å². The quantitative estimate of drug-likeness (QED) is 0.155. The van der Waals surface area contributed by atoms with Gasteiger partial charge in [-0.05, 0) is 78.3 Å². The number of imide groups is 1. The van der Waals surface area contributed by atoms with Gasteiger partial charge in [0.05, 0.1) is 27.5 Å². The molecule has 2 aliphatic carbocycles. The maximum atomic E-state index is 13.9. The number of hydrogen-bond donors (Lipinski definition) is 2. The number of aromatic nitrogens is 1. The van der Waals surface area contributed by atoms with Crippen LogP contribution >= 0.6 is 23.1 Å². The van der Waals surface area contributed by atoms with Crippen LogP contribution in [0.4, 0.5) is 21.5 Å². The van der Waals surface area contributed by atoms with Crippen LogP contribution < -0.4 is 19.8 Å². The summed E-state index contributed by atoms with van der Waals surface area (Å²) in [5.41, 5.74) is 1.60. The van der Waals surface area contributed by atoms with Gasteiger partial charge in [-0.25, -0.2) is 4.39 Å². The minimum Gasteiger partial charge on any atom is -0.484 e. The number of nitrogens with one attached hydrogen (secondary N) is 2. The second-order valence-electron chi connectivity index (χ2n) is 12.2. The van der Waals surface area contributed by atoms with Gasteiger partial charge in [0.25, 0.3) is 11.6 Å². The number of hydrogen-bond acceptors (Lipinski definition) is 9. The lowest BCUT2D eigenvalue weighted by molar-refractivity contribution is -0.384. The zero-order valence-electron chi connectivity index (χ0n) is 24.3. The SMILES string of the molecule is O=C(COc1ccc([C@H]2c3sc(=O)[nH]c3SC3C4CC(C5C(=O)N(c6ccc([N+](=O)[O-])cc6)C(=O)C45)C32)cc1)Nc1ccc(F)cc1. The summed E-state index contributed by atoms with van der Waals surface area (Å²) in [6, 6.07) is 18.3. The monoisotopic (exact) mass is 672 g/mol. The van der Waals surface area contributed by atoms with Crippen LogP contribution in [0.2, 0.25) is 0 Å². The zero-order chi connectivity index (χ0) is 32.6. The van der Waals surface area contributed by atoms with Crippen molar-refractivity contribution in [2.75, 3.05) is 16.8 Å². The van der Waals surface area contributed by atoms with Crippen LogP contribution in [0.3, 0.4) is 0 Å². The third-order valence-electron chi connectivity index (χ3n) is 9.78. The highest BCUT2D eigenvalue weighted by Crippen LogP contribution is 2.68. The van der Waals surface area contributed by atoms with Crippen LogP contribution in [-0.4, -0.2) is 39.5 Å². The molecule has 2 saturated carbocycles. The summed E-state index contributed by atoms with van der Waals surface area (Å²) in [4.78, 5) is 68.2. The number of carbonyl (C=O) groups is 3. The summed E-state index contributed by atoms with van der Waals surface area (Å²) in [7, 11) is 0. The predicted octanol–water partition coefficient (Wildman–Crippen LogP) is 5.18. The van der Waals surface area contributed by atoms with Crippen LogP contribution in [0.25, 0.3) is 0 Å². The Kier molecular flexibility index (Phi) is 7.02. The summed E-state index contributed by atoms with van der Waals surface area (Å²) in [5, 5.41) is 14.6. The van der Waals surface area contributed by atoms with E-state index >= 15 is 0 Å². The molecule has 4 aromatic rings. The van der Waals surface area contributed by atoms with Gasteiger partial charge in [0, 0.05) is 33.9 Å².